The maximum absolute atomic E-state index is 13.7. The highest BCUT2D eigenvalue weighted by molar-refractivity contribution is 5.93. The Labute approximate surface area is 128 Å². The summed E-state index contributed by atoms with van der Waals surface area (Å²) in [6, 6.07) is 2.78. The van der Waals surface area contributed by atoms with Gasteiger partial charge >= 0.3 is 5.97 Å². The van der Waals surface area contributed by atoms with Crippen molar-refractivity contribution in [3.05, 3.63) is 23.5 Å². The molecule has 0 atom stereocenters. The molecule has 2 N–H and O–H groups in total. The fourth-order valence-corrected chi connectivity index (χ4v) is 2.78. The van der Waals surface area contributed by atoms with E-state index < -0.39 is 11.8 Å². The van der Waals surface area contributed by atoms with Crippen molar-refractivity contribution >= 4 is 17.6 Å². The summed E-state index contributed by atoms with van der Waals surface area (Å²) in [5, 5.41) is 11.7. The lowest BCUT2D eigenvalue weighted by Gasteiger charge is -2.25. The molecule has 2 rings (SSSR count). The van der Waals surface area contributed by atoms with Gasteiger partial charge in [0.05, 0.1) is 13.0 Å². The Balaban J connectivity index is 2.01. The highest BCUT2D eigenvalue weighted by Gasteiger charge is 2.30. The van der Waals surface area contributed by atoms with Gasteiger partial charge in [0.15, 0.2) is 11.6 Å². The summed E-state index contributed by atoms with van der Waals surface area (Å²) in [7, 11) is 1.39. The lowest BCUT2D eigenvalue weighted by atomic mass is 9.81. The molecule has 6 heteroatoms. The average Bonchev–Trinajstić information content (AvgIpc) is 2.50. The van der Waals surface area contributed by atoms with Crippen LogP contribution < -0.4 is 10.1 Å². The highest BCUT2D eigenvalue weighted by atomic mass is 19.1. The maximum atomic E-state index is 13.7. The number of rotatable bonds is 4. The van der Waals surface area contributed by atoms with E-state index in [0.29, 0.717) is 36.9 Å². The molecule has 120 valence electrons. The van der Waals surface area contributed by atoms with Gasteiger partial charge in [0, 0.05) is 17.7 Å². The first-order valence-corrected chi connectivity index (χ1v) is 7.30. The molecule has 5 nitrogen and oxygen atoms in total. The summed E-state index contributed by atoms with van der Waals surface area (Å²) in [6.45, 7) is 1.76. The summed E-state index contributed by atoms with van der Waals surface area (Å²) in [5.74, 6) is -1.96. The monoisotopic (exact) mass is 309 g/mol. The van der Waals surface area contributed by atoms with Gasteiger partial charge in [-0.25, -0.2) is 4.39 Å². The number of carbonyl (C=O) groups is 2. The van der Waals surface area contributed by atoms with Gasteiger partial charge < -0.3 is 15.2 Å². The van der Waals surface area contributed by atoms with Gasteiger partial charge in [-0.05, 0) is 44.2 Å². The quantitative estimate of drug-likeness (QED) is 0.896. The number of methoxy groups -OCH3 is 1. The lowest BCUT2D eigenvalue weighted by molar-refractivity contribution is -0.143. The number of anilines is 1. The summed E-state index contributed by atoms with van der Waals surface area (Å²) in [4.78, 5) is 23.2. The highest BCUT2D eigenvalue weighted by Crippen LogP contribution is 2.31. The van der Waals surface area contributed by atoms with Crippen LogP contribution >= 0.6 is 0 Å². The van der Waals surface area contributed by atoms with Crippen molar-refractivity contribution in [2.45, 2.75) is 32.6 Å². The molecule has 1 aliphatic carbocycles. The molecule has 0 aromatic heterocycles. The number of hydrogen-bond donors (Lipinski definition) is 2. The Hall–Kier alpha value is -2.11. The minimum atomic E-state index is -0.799. The van der Waals surface area contributed by atoms with Crippen LogP contribution in [0.4, 0.5) is 10.1 Å². The van der Waals surface area contributed by atoms with E-state index in [0.717, 1.165) is 0 Å². The number of carboxylic acid groups (broad SMARTS) is 1. The van der Waals surface area contributed by atoms with Crippen molar-refractivity contribution in [1.82, 2.24) is 0 Å². The van der Waals surface area contributed by atoms with Crippen LogP contribution in [0.2, 0.25) is 0 Å². The van der Waals surface area contributed by atoms with Crippen LogP contribution in [0.25, 0.3) is 0 Å². The number of aryl methyl sites for hydroxylation is 1. The fraction of sp³-hybridized carbons (Fsp3) is 0.500. The molecule has 1 saturated carbocycles. The van der Waals surface area contributed by atoms with Crippen LogP contribution in [0, 0.1) is 24.6 Å². The summed E-state index contributed by atoms with van der Waals surface area (Å²) in [5.41, 5.74) is 1.13. The first-order chi connectivity index (χ1) is 10.4. The summed E-state index contributed by atoms with van der Waals surface area (Å²) >= 11 is 0. The Morgan fingerprint density at radius 1 is 1.23 bits per heavy atom. The van der Waals surface area contributed by atoms with Crippen LogP contribution in [0.3, 0.4) is 0 Å². The topological polar surface area (TPSA) is 75.6 Å². The third-order valence-corrected chi connectivity index (χ3v) is 4.20. The molecule has 0 bridgehead atoms. The second-order valence-corrected chi connectivity index (χ2v) is 5.68. The van der Waals surface area contributed by atoms with E-state index in [9.17, 15) is 14.0 Å². The molecule has 0 radical (unpaired) electrons. The number of carboxylic acids is 1. The molecule has 1 aromatic carbocycles. The molecule has 0 spiro atoms. The maximum Gasteiger partial charge on any atom is 0.306 e. The van der Waals surface area contributed by atoms with Gasteiger partial charge in [0.2, 0.25) is 5.91 Å². The molecule has 1 aliphatic rings. The van der Waals surface area contributed by atoms with Crippen molar-refractivity contribution in [3.63, 3.8) is 0 Å². The largest absolute Gasteiger partial charge is 0.494 e. The standard InChI is InChI=1S/C16H20FNO4/c1-9-7-14(22-2)12(17)8-13(9)18-15(19)10-3-5-11(6-4-10)16(20)21/h7-8,10-11H,3-6H2,1-2H3,(H,18,19)(H,20,21). The zero-order valence-corrected chi connectivity index (χ0v) is 12.7. The fourth-order valence-electron chi connectivity index (χ4n) is 2.78. The first-order valence-electron chi connectivity index (χ1n) is 7.30. The van der Waals surface area contributed by atoms with Gasteiger partial charge in [0.1, 0.15) is 0 Å². The van der Waals surface area contributed by atoms with Gasteiger partial charge in [-0.2, -0.15) is 0 Å². The molecular formula is C16H20FNO4. The van der Waals surface area contributed by atoms with Gasteiger partial charge in [-0.3, -0.25) is 9.59 Å². The second-order valence-electron chi connectivity index (χ2n) is 5.68. The normalized spacial score (nSPS) is 21.2. The van der Waals surface area contributed by atoms with Crippen molar-refractivity contribution in [1.29, 1.82) is 0 Å². The van der Waals surface area contributed by atoms with Crippen molar-refractivity contribution in [2.24, 2.45) is 11.8 Å². The summed E-state index contributed by atoms with van der Waals surface area (Å²) in [6.07, 6.45) is 2.09. The third kappa shape index (κ3) is 3.55. The Morgan fingerprint density at radius 2 is 1.82 bits per heavy atom. The van der Waals surface area contributed by atoms with E-state index in [2.05, 4.69) is 5.32 Å². The number of benzene rings is 1. The van der Waals surface area contributed by atoms with Crippen molar-refractivity contribution < 1.29 is 23.8 Å². The van der Waals surface area contributed by atoms with Crippen LogP contribution in [0.15, 0.2) is 12.1 Å². The predicted molar refractivity (Wildman–Crippen MR) is 79.4 cm³/mol. The minimum absolute atomic E-state index is 0.137. The molecule has 0 aliphatic heterocycles. The number of hydrogen-bond acceptors (Lipinski definition) is 3. The molecule has 1 amide bonds. The number of ether oxygens (including phenoxy) is 1. The zero-order chi connectivity index (χ0) is 16.3. The average molecular weight is 309 g/mol. The van der Waals surface area contributed by atoms with Crippen molar-refractivity contribution in [2.75, 3.05) is 12.4 Å². The minimum Gasteiger partial charge on any atom is -0.494 e. The van der Waals surface area contributed by atoms with E-state index in [1.807, 2.05) is 0 Å². The van der Waals surface area contributed by atoms with Crippen molar-refractivity contribution in [3.8, 4) is 5.75 Å². The van der Waals surface area contributed by atoms with E-state index in [1.165, 1.54) is 19.2 Å². The molecule has 0 heterocycles. The SMILES string of the molecule is COc1cc(C)c(NC(=O)C2CCC(C(=O)O)CC2)cc1F. The molecule has 0 saturated heterocycles. The Bertz CT molecular complexity index is 580. The van der Waals surface area contributed by atoms with Gasteiger partial charge in [-0.1, -0.05) is 0 Å². The molecule has 1 fully saturated rings. The van der Waals surface area contributed by atoms with E-state index in [-0.39, 0.29) is 23.5 Å². The van der Waals surface area contributed by atoms with Crippen LogP contribution in [-0.4, -0.2) is 24.1 Å². The van der Waals surface area contributed by atoms with Crippen LogP contribution in [-0.2, 0) is 9.59 Å². The van der Waals surface area contributed by atoms with Crippen LogP contribution in [0.5, 0.6) is 5.75 Å². The number of carbonyl (C=O) groups excluding carboxylic acids is 1. The number of amides is 1. The first kappa shape index (κ1) is 16.3. The number of halogens is 1. The number of aliphatic carboxylic acids is 1. The van der Waals surface area contributed by atoms with Crippen LogP contribution in [0.1, 0.15) is 31.2 Å². The third-order valence-electron chi connectivity index (χ3n) is 4.20. The molecule has 22 heavy (non-hydrogen) atoms. The number of nitrogens with one attached hydrogen (secondary N) is 1. The Kier molecular flexibility index (Phi) is 5.00. The molecule has 0 unspecified atom stereocenters. The van der Waals surface area contributed by atoms with E-state index in [1.54, 1.807) is 6.92 Å². The molecular weight excluding hydrogens is 289 g/mol. The smallest absolute Gasteiger partial charge is 0.306 e. The Morgan fingerprint density at radius 3 is 2.36 bits per heavy atom. The van der Waals surface area contributed by atoms with E-state index >= 15 is 0 Å². The van der Waals surface area contributed by atoms with Gasteiger partial charge in [-0.15, -0.1) is 0 Å². The molecule has 1 aromatic rings. The summed E-state index contributed by atoms with van der Waals surface area (Å²) < 4.78 is 18.6. The lowest BCUT2D eigenvalue weighted by Crippen LogP contribution is -2.29. The zero-order valence-electron chi connectivity index (χ0n) is 12.7. The predicted octanol–water partition coefficient (Wildman–Crippen LogP) is 2.97. The second kappa shape index (κ2) is 6.77. The van der Waals surface area contributed by atoms with E-state index in [4.69, 9.17) is 9.84 Å². The van der Waals surface area contributed by atoms with Gasteiger partial charge in [0.25, 0.3) is 0 Å².